The molecule has 2 fully saturated rings. The van der Waals surface area contributed by atoms with Crippen molar-refractivity contribution < 1.29 is 9.59 Å². The molecule has 28 heavy (non-hydrogen) atoms. The molecule has 0 radical (unpaired) electrons. The van der Waals surface area contributed by atoms with E-state index in [0.717, 1.165) is 42.6 Å². The minimum atomic E-state index is -0.0366. The first-order valence-corrected chi connectivity index (χ1v) is 9.89. The molecular formula is C21H23N5O2. The Kier molecular flexibility index (Phi) is 3.86. The third-order valence-electron chi connectivity index (χ3n) is 5.74. The van der Waals surface area contributed by atoms with Crippen molar-refractivity contribution in [1.29, 1.82) is 0 Å². The van der Waals surface area contributed by atoms with Crippen LogP contribution in [0, 0.1) is 11.8 Å². The molecule has 144 valence electrons. The fourth-order valence-corrected chi connectivity index (χ4v) is 3.89. The second-order valence-corrected chi connectivity index (χ2v) is 8.08. The van der Waals surface area contributed by atoms with Gasteiger partial charge >= 0.3 is 0 Å². The van der Waals surface area contributed by atoms with Gasteiger partial charge in [0, 0.05) is 23.9 Å². The molecule has 0 bridgehead atoms. The lowest BCUT2D eigenvalue weighted by molar-refractivity contribution is -0.122. The number of nitrogens with zero attached hydrogens (tertiary/aromatic N) is 4. The summed E-state index contributed by atoms with van der Waals surface area (Å²) >= 11 is 0. The van der Waals surface area contributed by atoms with Gasteiger partial charge in [-0.2, -0.15) is 0 Å². The summed E-state index contributed by atoms with van der Waals surface area (Å²) in [6.07, 6.45) is 6.97. The predicted octanol–water partition coefficient (Wildman–Crippen LogP) is 2.61. The van der Waals surface area contributed by atoms with Crippen LogP contribution < -0.4 is 15.5 Å². The quantitative estimate of drug-likeness (QED) is 0.888. The lowest BCUT2D eigenvalue weighted by Crippen LogP contribution is -2.52. The maximum atomic E-state index is 13.0. The molecule has 1 atom stereocenters. The highest BCUT2D eigenvalue weighted by Crippen LogP contribution is 2.44. The van der Waals surface area contributed by atoms with Gasteiger partial charge in [-0.3, -0.25) is 14.6 Å². The Morgan fingerprint density at radius 2 is 1.71 bits per heavy atom. The molecule has 7 heteroatoms. The maximum Gasteiger partial charge on any atom is 0.230 e. The van der Waals surface area contributed by atoms with Crippen LogP contribution in [0.5, 0.6) is 0 Å². The van der Waals surface area contributed by atoms with Gasteiger partial charge in [0.05, 0.1) is 35.5 Å². The Balaban J connectivity index is 1.59. The van der Waals surface area contributed by atoms with Crippen molar-refractivity contribution in [3.8, 4) is 11.3 Å². The molecule has 2 aromatic rings. The molecule has 3 aliphatic rings. The molecule has 1 aromatic heterocycles. The number of carbonyl (C=O) groups excluding carboxylic acids is 2. The second kappa shape index (κ2) is 6.29. The SMILES string of the molecule is CC1CN(C(=O)C2CC2)c2cc(-c3cnc(N)cn3)ccc2N1C(=O)C1CC1. The third-order valence-corrected chi connectivity index (χ3v) is 5.74. The second-order valence-electron chi connectivity index (χ2n) is 8.08. The normalized spacial score (nSPS) is 21.4. The van der Waals surface area contributed by atoms with E-state index in [4.69, 9.17) is 5.73 Å². The maximum absolute atomic E-state index is 13.0. The van der Waals surface area contributed by atoms with Crippen LogP contribution in [0.3, 0.4) is 0 Å². The van der Waals surface area contributed by atoms with E-state index < -0.39 is 0 Å². The van der Waals surface area contributed by atoms with Crippen LogP contribution in [0.2, 0.25) is 0 Å². The average Bonchev–Trinajstić information content (AvgIpc) is 3.58. The Bertz CT molecular complexity index is 950. The van der Waals surface area contributed by atoms with Crippen molar-refractivity contribution >= 4 is 29.0 Å². The molecule has 0 saturated heterocycles. The number of carbonyl (C=O) groups is 2. The van der Waals surface area contributed by atoms with Crippen LogP contribution >= 0.6 is 0 Å². The van der Waals surface area contributed by atoms with Crippen molar-refractivity contribution in [2.75, 3.05) is 22.1 Å². The highest BCUT2D eigenvalue weighted by atomic mass is 16.2. The van der Waals surface area contributed by atoms with Gasteiger partial charge in [-0.25, -0.2) is 4.98 Å². The molecule has 1 unspecified atom stereocenters. The first-order chi connectivity index (χ1) is 13.5. The molecule has 2 saturated carbocycles. The molecule has 1 aromatic carbocycles. The van der Waals surface area contributed by atoms with E-state index in [1.54, 1.807) is 6.20 Å². The van der Waals surface area contributed by atoms with Gasteiger partial charge in [0.15, 0.2) is 0 Å². The molecule has 1 aliphatic heterocycles. The van der Waals surface area contributed by atoms with Crippen LogP contribution in [-0.2, 0) is 9.59 Å². The van der Waals surface area contributed by atoms with Crippen LogP contribution in [0.25, 0.3) is 11.3 Å². The summed E-state index contributed by atoms with van der Waals surface area (Å²) in [5.74, 6) is 0.941. The Morgan fingerprint density at radius 3 is 2.36 bits per heavy atom. The topological polar surface area (TPSA) is 92.4 Å². The van der Waals surface area contributed by atoms with Crippen molar-refractivity contribution in [2.45, 2.75) is 38.6 Å². The zero-order chi connectivity index (χ0) is 19.4. The summed E-state index contributed by atoms with van der Waals surface area (Å²) in [6, 6.07) is 5.79. The number of amides is 2. The van der Waals surface area contributed by atoms with E-state index in [9.17, 15) is 9.59 Å². The van der Waals surface area contributed by atoms with E-state index in [-0.39, 0.29) is 29.7 Å². The number of nitrogen functional groups attached to an aromatic ring is 1. The molecule has 5 rings (SSSR count). The minimum Gasteiger partial charge on any atom is -0.382 e. The average molecular weight is 377 g/mol. The van der Waals surface area contributed by atoms with Gasteiger partial charge in [0.2, 0.25) is 11.8 Å². The van der Waals surface area contributed by atoms with Crippen LogP contribution in [-0.4, -0.2) is 34.4 Å². The molecule has 2 aliphatic carbocycles. The van der Waals surface area contributed by atoms with E-state index in [0.29, 0.717) is 18.1 Å². The highest BCUT2D eigenvalue weighted by molar-refractivity contribution is 6.07. The summed E-state index contributed by atoms with van der Waals surface area (Å²) in [5.41, 5.74) is 8.80. The van der Waals surface area contributed by atoms with Gasteiger partial charge in [0.1, 0.15) is 5.82 Å². The largest absolute Gasteiger partial charge is 0.382 e. The molecule has 7 nitrogen and oxygen atoms in total. The lowest BCUT2D eigenvalue weighted by Gasteiger charge is -2.41. The fraction of sp³-hybridized carbons (Fsp3) is 0.429. The van der Waals surface area contributed by atoms with E-state index >= 15 is 0 Å². The number of nitrogens with two attached hydrogens (primary N) is 1. The summed E-state index contributed by atoms with van der Waals surface area (Å²) in [4.78, 5) is 38.1. The van der Waals surface area contributed by atoms with Gasteiger partial charge in [-0.05, 0) is 44.7 Å². The van der Waals surface area contributed by atoms with E-state index in [1.807, 2.05) is 34.9 Å². The van der Waals surface area contributed by atoms with E-state index in [1.165, 1.54) is 6.20 Å². The van der Waals surface area contributed by atoms with Crippen LogP contribution in [0.1, 0.15) is 32.6 Å². The van der Waals surface area contributed by atoms with Gasteiger partial charge in [-0.1, -0.05) is 6.07 Å². The standard InChI is InChI=1S/C21H23N5O2/c1-12-11-25(20(27)13-2-3-13)18-8-15(16-9-24-19(22)10-23-16)6-7-17(18)26(12)21(28)14-4-5-14/h6-10,12-14H,2-5,11H2,1H3,(H2,22,24). The predicted molar refractivity (Wildman–Crippen MR) is 107 cm³/mol. The lowest BCUT2D eigenvalue weighted by atomic mass is 10.0. The molecule has 2 heterocycles. The monoisotopic (exact) mass is 377 g/mol. The zero-order valence-corrected chi connectivity index (χ0v) is 15.8. The number of rotatable bonds is 3. The summed E-state index contributed by atoms with van der Waals surface area (Å²) in [5, 5.41) is 0. The number of hydrogen-bond donors (Lipinski definition) is 1. The van der Waals surface area contributed by atoms with Gasteiger partial charge in [0.25, 0.3) is 0 Å². The van der Waals surface area contributed by atoms with E-state index in [2.05, 4.69) is 9.97 Å². The first-order valence-electron chi connectivity index (χ1n) is 9.89. The van der Waals surface area contributed by atoms with Crippen LogP contribution in [0.15, 0.2) is 30.6 Å². The van der Waals surface area contributed by atoms with Crippen LogP contribution in [0.4, 0.5) is 17.2 Å². The van der Waals surface area contributed by atoms with Crippen molar-refractivity contribution in [3.63, 3.8) is 0 Å². The first kappa shape index (κ1) is 17.2. The number of hydrogen-bond acceptors (Lipinski definition) is 5. The summed E-state index contributed by atoms with van der Waals surface area (Å²) in [7, 11) is 0. The minimum absolute atomic E-state index is 0.0366. The number of fused-ring (bicyclic) bond motifs is 1. The number of anilines is 3. The van der Waals surface area contributed by atoms with Crippen molar-refractivity contribution in [1.82, 2.24) is 9.97 Å². The third kappa shape index (κ3) is 2.91. The Labute approximate surface area is 163 Å². The molecule has 2 amide bonds. The zero-order valence-electron chi connectivity index (χ0n) is 15.8. The van der Waals surface area contributed by atoms with Gasteiger partial charge in [-0.15, -0.1) is 0 Å². The fourth-order valence-electron chi connectivity index (χ4n) is 3.89. The smallest absolute Gasteiger partial charge is 0.230 e. The summed E-state index contributed by atoms with van der Waals surface area (Å²) in [6.45, 7) is 2.55. The van der Waals surface area contributed by atoms with Crippen molar-refractivity contribution in [3.05, 3.63) is 30.6 Å². The number of aromatic nitrogens is 2. The Hall–Kier alpha value is -2.96. The molecule has 2 N–H and O–H groups in total. The number of benzene rings is 1. The van der Waals surface area contributed by atoms with Crippen molar-refractivity contribution in [2.24, 2.45) is 11.8 Å². The molecular weight excluding hydrogens is 354 g/mol. The Morgan fingerprint density at radius 1 is 1.00 bits per heavy atom. The van der Waals surface area contributed by atoms with Gasteiger partial charge < -0.3 is 15.5 Å². The molecule has 0 spiro atoms. The highest BCUT2D eigenvalue weighted by Gasteiger charge is 2.43. The summed E-state index contributed by atoms with van der Waals surface area (Å²) < 4.78 is 0.